The highest BCUT2D eigenvalue weighted by Crippen LogP contribution is 2.47. The Morgan fingerprint density at radius 3 is 2.00 bits per heavy atom. The van der Waals surface area contributed by atoms with Gasteiger partial charge < -0.3 is 4.90 Å². The largest absolute Gasteiger partial charge is 0.336 e. The highest BCUT2D eigenvalue weighted by atomic mass is 127. The second-order valence-electron chi connectivity index (χ2n) is 12.3. The van der Waals surface area contributed by atoms with Gasteiger partial charge in [-0.3, -0.25) is 4.57 Å². The molecule has 248 valence electrons. The molecule has 8 aromatic rings. The molecule has 0 aliphatic carbocycles. The van der Waals surface area contributed by atoms with Gasteiger partial charge in [-0.15, -0.1) is 13.2 Å². The van der Waals surface area contributed by atoms with E-state index >= 15 is 0 Å². The van der Waals surface area contributed by atoms with Crippen LogP contribution in [0.15, 0.2) is 158 Å². The summed E-state index contributed by atoms with van der Waals surface area (Å²) in [4.78, 5) is 14.3. The summed E-state index contributed by atoms with van der Waals surface area (Å²) in [6.07, 6.45) is 0. The van der Waals surface area contributed by atoms with Gasteiger partial charge in [0.25, 0.3) is 0 Å². The van der Waals surface area contributed by atoms with E-state index in [1.54, 1.807) is 8.93 Å². The van der Waals surface area contributed by atoms with Gasteiger partial charge in [0, 0.05) is 69.4 Å². The number of anilines is 2. The minimum atomic E-state index is 0.657. The Morgan fingerprint density at radius 2 is 1.27 bits per heavy atom. The van der Waals surface area contributed by atoms with Crippen LogP contribution in [0.25, 0.3) is 61.4 Å². The SMILES string of the molecule is C=C.Cc1ccccc1N1Cc2ccccc2-c2cc3c(cc21)c1ccccc1n3-c1nc(-c2ccc(I)cc2)cc(-c2ccc(SI)cc2)n1. The van der Waals surface area contributed by atoms with Crippen molar-refractivity contribution >= 4 is 85.9 Å². The number of hydrogen-bond donors (Lipinski definition) is 0. The molecule has 0 fully saturated rings. The molecule has 2 aromatic heterocycles. The first-order valence-electron chi connectivity index (χ1n) is 16.6. The van der Waals surface area contributed by atoms with Crippen LogP contribution in [0.2, 0.25) is 0 Å². The molecule has 0 N–H and O–H groups in total. The van der Waals surface area contributed by atoms with E-state index in [-0.39, 0.29) is 0 Å². The predicted octanol–water partition coefficient (Wildman–Crippen LogP) is 13.4. The second-order valence-corrected chi connectivity index (χ2v) is 15.5. The Kier molecular flexibility index (Phi) is 9.43. The second kappa shape index (κ2) is 14.3. The average Bonchev–Trinajstić information content (AvgIpc) is 3.51. The van der Waals surface area contributed by atoms with Gasteiger partial charge in [0.1, 0.15) is 0 Å². The maximum Gasteiger partial charge on any atom is 0.235 e. The number of para-hydroxylation sites is 2. The summed E-state index contributed by atoms with van der Waals surface area (Å²) in [7, 11) is 1.71. The average molecular weight is 903 g/mol. The molecule has 1 aliphatic rings. The lowest BCUT2D eigenvalue weighted by Crippen LogP contribution is -2.22. The molecule has 0 radical (unpaired) electrons. The summed E-state index contributed by atoms with van der Waals surface area (Å²) in [6.45, 7) is 9.02. The zero-order valence-corrected chi connectivity index (χ0v) is 33.0. The molecule has 1 aliphatic heterocycles. The molecular formula is C44H32I2N4S. The van der Waals surface area contributed by atoms with Gasteiger partial charge in [-0.25, -0.2) is 9.97 Å². The topological polar surface area (TPSA) is 34.0 Å². The van der Waals surface area contributed by atoms with E-state index in [0.717, 1.165) is 40.1 Å². The van der Waals surface area contributed by atoms with Crippen LogP contribution >= 0.6 is 52.7 Å². The fraction of sp³-hybridized carbons (Fsp3) is 0.0455. The van der Waals surface area contributed by atoms with Crippen molar-refractivity contribution in [3.8, 4) is 39.6 Å². The number of nitrogens with zero attached hydrogens (tertiary/aromatic N) is 4. The summed E-state index contributed by atoms with van der Waals surface area (Å²) in [5.74, 6) is 0.657. The zero-order valence-electron chi connectivity index (χ0n) is 27.9. The summed E-state index contributed by atoms with van der Waals surface area (Å²) in [6, 6.07) is 50.2. The first-order chi connectivity index (χ1) is 25.1. The first kappa shape index (κ1) is 33.7. The van der Waals surface area contributed by atoms with Gasteiger partial charge in [-0.2, -0.15) is 0 Å². The summed E-state index contributed by atoms with van der Waals surface area (Å²) < 4.78 is 3.45. The minimum absolute atomic E-state index is 0.657. The monoisotopic (exact) mass is 902 g/mol. The normalized spacial score (nSPS) is 11.9. The third-order valence-electron chi connectivity index (χ3n) is 9.42. The molecule has 7 heteroatoms. The molecule has 0 bridgehead atoms. The Hall–Kier alpha value is -4.45. The number of halogens is 2. The van der Waals surface area contributed by atoms with Gasteiger partial charge in [-0.05, 0) is 101 Å². The maximum atomic E-state index is 5.31. The van der Waals surface area contributed by atoms with Crippen LogP contribution in [-0.2, 0) is 6.54 Å². The van der Waals surface area contributed by atoms with Crippen molar-refractivity contribution in [1.82, 2.24) is 14.5 Å². The van der Waals surface area contributed by atoms with E-state index in [0.29, 0.717) is 5.95 Å². The van der Waals surface area contributed by atoms with E-state index in [1.807, 2.05) is 0 Å². The van der Waals surface area contributed by atoms with Crippen LogP contribution in [0, 0.1) is 10.5 Å². The van der Waals surface area contributed by atoms with E-state index < -0.39 is 0 Å². The lowest BCUT2D eigenvalue weighted by molar-refractivity contribution is 0.955. The maximum absolute atomic E-state index is 5.31. The lowest BCUT2D eigenvalue weighted by Gasteiger charge is -2.34. The molecule has 0 saturated heterocycles. The zero-order chi connectivity index (χ0) is 35.1. The number of hydrogen-bond acceptors (Lipinski definition) is 4. The van der Waals surface area contributed by atoms with Crippen molar-refractivity contribution in [2.24, 2.45) is 0 Å². The fourth-order valence-electron chi connectivity index (χ4n) is 7.04. The highest BCUT2D eigenvalue weighted by molar-refractivity contribution is 14.2. The van der Waals surface area contributed by atoms with Gasteiger partial charge in [0.2, 0.25) is 5.95 Å². The Labute approximate surface area is 328 Å². The molecule has 4 nitrogen and oxygen atoms in total. The summed E-state index contributed by atoms with van der Waals surface area (Å²) in [5, 5.41) is 2.36. The molecule has 0 unspecified atom stereocenters. The van der Waals surface area contributed by atoms with Crippen molar-refractivity contribution < 1.29 is 0 Å². The van der Waals surface area contributed by atoms with Crippen molar-refractivity contribution in [2.45, 2.75) is 18.4 Å². The minimum Gasteiger partial charge on any atom is -0.336 e. The van der Waals surface area contributed by atoms with Crippen molar-refractivity contribution in [1.29, 1.82) is 0 Å². The molecular weight excluding hydrogens is 870 g/mol. The van der Waals surface area contributed by atoms with Gasteiger partial charge in [-0.1, -0.05) is 93.9 Å². The number of benzene rings is 6. The van der Waals surface area contributed by atoms with E-state index in [4.69, 9.17) is 9.97 Å². The first-order valence-corrected chi connectivity index (χ1v) is 21.0. The Bertz CT molecular complexity index is 2560. The molecule has 0 atom stereocenters. The third kappa shape index (κ3) is 6.15. The van der Waals surface area contributed by atoms with Gasteiger partial charge >= 0.3 is 0 Å². The number of fused-ring (bicyclic) bond motifs is 6. The van der Waals surface area contributed by atoms with Gasteiger partial charge in [0.15, 0.2) is 0 Å². The third-order valence-corrected chi connectivity index (χ3v) is 12.1. The van der Waals surface area contributed by atoms with Crippen LogP contribution in [0.4, 0.5) is 11.4 Å². The molecule has 0 amide bonds. The van der Waals surface area contributed by atoms with E-state index in [2.05, 4.69) is 213 Å². The lowest BCUT2D eigenvalue weighted by atomic mass is 9.91. The van der Waals surface area contributed by atoms with Crippen LogP contribution in [0.5, 0.6) is 0 Å². The molecule has 0 saturated carbocycles. The summed E-state index contributed by atoms with van der Waals surface area (Å²) in [5.41, 5.74) is 13.6. The van der Waals surface area contributed by atoms with Crippen LogP contribution in [-0.4, -0.2) is 14.5 Å². The molecule has 0 spiro atoms. The van der Waals surface area contributed by atoms with Crippen LogP contribution in [0.3, 0.4) is 0 Å². The van der Waals surface area contributed by atoms with E-state index in [1.165, 1.54) is 52.9 Å². The van der Waals surface area contributed by atoms with Crippen molar-refractivity contribution in [2.75, 3.05) is 4.90 Å². The van der Waals surface area contributed by atoms with Crippen molar-refractivity contribution in [3.63, 3.8) is 0 Å². The number of rotatable bonds is 5. The number of aryl methyl sites for hydroxylation is 1. The quantitative estimate of drug-likeness (QED) is 0.127. The smallest absolute Gasteiger partial charge is 0.235 e. The van der Waals surface area contributed by atoms with Crippen LogP contribution in [0.1, 0.15) is 11.1 Å². The highest BCUT2D eigenvalue weighted by Gasteiger charge is 2.27. The molecule has 6 aromatic carbocycles. The summed E-state index contributed by atoms with van der Waals surface area (Å²) >= 11 is 4.68. The molecule has 9 rings (SSSR count). The molecule has 51 heavy (non-hydrogen) atoms. The van der Waals surface area contributed by atoms with E-state index in [9.17, 15) is 0 Å². The predicted molar refractivity (Wildman–Crippen MR) is 234 cm³/mol. The van der Waals surface area contributed by atoms with Crippen LogP contribution < -0.4 is 4.90 Å². The molecule has 3 heterocycles. The Morgan fingerprint density at radius 1 is 0.627 bits per heavy atom. The fourth-order valence-corrected chi connectivity index (χ4v) is 8.52. The number of aromatic nitrogens is 3. The van der Waals surface area contributed by atoms with Gasteiger partial charge in [0.05, 0.1) is 28.1 Å². The van der Waals surface area contributed by atoms with Crippen molar-refractivity contribution in [3.05, 3.63) is 167 Å². The Balaban J connectivity index is 0.00000184. The standard InChI is InChI=1S/C42H28I2N4S.C2H4/c1-26-8-2-6-12-38(26)47-25-29-9-3-4-10-32(29)34-23-41-35(22-40(34)47)33-11-5-7-13-39(33)48(41)42-45-36(27-14-18-30(43)19-15-27)24-37(46-42)28-16-20-31(49-44)21-17-28;1-2/h2-24H,25H2,1H3;1-2H2.